The Morgan fingerprint density at radius 1 is 1.11 bits per heavy atom. The molecule has 1 aromatic carbocycles. The summed E-state index contributed by atoms with van der Waals surface area (Å²) in [5, 5.41) is 11.5. The first-order valence-electron chi connectivity index (χ1n) is 8.58. The van der Waals surface area contributed by atoms with E-state index in [-0.39, 0.29) is 5.91 Å². The fourth-order valence-corrected chi connectivity index (χ4v) is 3.14. The third-order valence-electron chi connectivity index (χ3n) is 4.50. The van der Waals surface area contributed by atoms with E-state index in [9.17, 15) is 9.59 Å². The highest BCUT2D eigenvalue weighted by molar-refractivity contribution is 5.97. The molecule has 0 unspecified atom stereocenters. The molecule has 0 bridgehead atoms. The van der Waals surface area contributed by atoms with Crippen LogP contribution in [0.5, 0.6) is 0 Å². The Morgan fingerprint density at radius 2 is 1.93 bits per heavy atom. The normalized spacial score (nSPS) is 13.4. The van der Waals surface area contributed by atoms with Crippen LogP contribution >= 0.6 is 0 Å². The molecule has 134 valence electrons. The van der Waals surface area contributed by atoms with Crippen molar-refractivity contribution in [3.63, 3.8) is 0 Å². The standard InChI is InChI=1S/C21H17N3O3/c25-20(26)6-3-13-1-4-14(5-2-13)18-11-15(7-9-22-18)19-12-16-17(24-19)8-10-23-21(16)27/h1-7,9,11-12,24H,8,10H2,(H,23,27)(H,25,26)/b6-3+. The molecule has 0 atom stereocenters. The summed E-state index contributed by atoms with van der Waals surface area (Å²) in [5.41, 5.74) is 6.04. The number of aliphatic carboxylic acids is 1. The van der Waals surface area contributed by atoms with E-state index in [4.69, 9.17) is 5.11 Å². The first-order chi connectivity index (χ1) is 13.1. The maximum atomic E-state index is 12.0. The van der Waals surface area contributed by atoms with Gasteiger partial charge in [0.2, 0.25) is 0 Å². The van der Waals surface area contributed by atoms with Gasteiger partial charge in [-0.3, -0.25) is 9.78 Å². The van der Waals surface area contributed by atoms with Crippen molar-refractivity contribution < 1.29 is 14.7 Å². The molecule has 0 aliphatic carbocycles. The molecule has 3 heterocycles. The molecule has 1 aliphatic rings. The molecule has 4 rings (SSSR count). The lowest BCUT2D eigenvalue weighted by Crippen LogP contribution is -2.31. The van der Waals surface area contributed by atoms with Gasteiger partial charge < -0.3 is 15.4 Å². The zero-order valence-electron chi connectivity index (χ0n) is 14.4. The van der Waals surface area contributed by atoms with Crippen molar-refractivity contribution in [2.75, 3.05) is 6.54 Å². The Kier molecular flexibility index (Phi) is 4.30. The number of fused-ring (bicyclic) bond motifs is 1. The fourth-order valence-electron chi connectivity index (χ4n) is 3.14. The van der Waals surface area contributed by atoms with Crippen LogP contribution in [0, 0.1) is 0 Å². The number of benzene rings is 1. The summed E-state index contributed by atoms with van der Waals surface area (Å²) in [7, 11) is 0. The number of aromatic amines is 1. The van der Waals surface area contributed by atoms with Crippen molar-refractivity contribution in [3.8, 4) is 22.5 Å². The second-order valence-electron chi connectivity index (χ2n) is 6.30. The molecule has 1 aliphatic heterocycles. The van der Waals surface area contributed by atoms with Gasteiger partial charge in [0.25, 0.3) is 5.91 Å². The minimum absolute atomic E-state index is 0.0435. The van der Waals surface area contributed by atoms with Gasteiger partial charge in [-0.1, -0.05) is 24.3 Å². The topological polar surface area (TPSA) is 95.1 Å². The summed E-state index contributed by atoms with van der Waals surface area (Å²) in [6.07, 6.45) is 5.19. The molecule has 3 N–H and O–H groups in total. The number of H-pyrrole nitrogens is 1. The lowest BCUT2D eigenvalue weighted by molar-refractivity contribution is -0.131. The average molecular weight is 359 g/mol. The lowest BCUT2D eigenvalue weighted by Gasteiger charge is -2.10. The number of nitrogens with one attached hydrogen (secondary N) is 2. The minimum Gasteiger partial charge on any atom is -0.478 e. The van der Waals surface area contributed by atoms with E-state index in [0.717, 1.165) is 46.3 Å². The maximum absolute atomic E-state index is 12.0. The fraction of sp³-hybridized carbons (Fsp3) is 0.0952. The smallest absolute Gasteiger partial charge is 0.328 e. The molecule has 3 aromatic rings. The van der Waals surface area contributed by atoms with Crippen LogP contribution < -0.4 is 5.32 Å². The molecule has 27 heavy (non-hydrogen) atoms. The summed E-state index contributed by atoms with van der Waals surface area (Å²) in [5.74, 6) is -1.02. The number of aromatic nitrogens is 2. The Labute approximate surface area is 155 Å². The summed E-state index contributed by atoms with van der Waals surface area (Å²) in [6, 6.07) is 13.3. The van der Waals surface area contributed by atoms with Gasteiger partial charge in [-0.2, -0.15) is 0 Å². The first kappa shape index (κ1) is 16.8. The Hall–Kier alpha value is -3.67. The second-order valence-corrected chi connectivity index (χ2v) is 6.30. The zero-order chi connectivity index (χ0) is 18.8. The molecular formula is C21H17N3O3. The number of hydrogen-bond donors (Lipinski definition) is 3. The minimum atomic E-state index is -0.976. The van der Waals surface area contributed by atoms with Crippen LogP contribution in [-0.4, -0.2) is 33.5 Å². The van der Waals surface area contributed by atoms with Crippen LogP contribution in [0.4, 0.5) is 0 Å². The SMILES string of the molecule is O=C(O)/C=C/c1ccc(-c2cc(-c3cc4c([nH]3)CCNC4=O)ccn2)cc1. The van der Waals surface area contributed by atoms with Gasteiger partial charge >= 0.3 is 5.97 Å². The van der Waals surface area contributed by atoms with Gasteiger partial charge in [0.1, 0.15) is 0 Å². The third kappa shape index (κ3) is 3.50. The number of carboxylic acids is 1. The molecule has 6 nitrogen and oxygen atoms in total. The van der Waals surface area contributed by atoms with E-state index in [1.807, 2.05) is 42.5 Å². The van der Waals surface area contributed by atoms with E-state index in [2.05, 4.69) is 15.3 Å². The summed E-state index contributed by atoms with van der Waals surface area (Å²) < 4.78 is 0. The molecule has 2 aromatic heterocycles. The van der Waals surface area contributed by atoms with Crippen molar-refractivity contribution in [3.05, 3.63) is 71.6 Å². The van der Waals surface area contributed by atoms with Crippen molar-refractivity contribution >= 4 is 18.0 Å². The Morgan fingerprint density at radius 3 is 2.67 bits per heavy atom. The van der Waals surface area contributed by atoms with Crippen molar-refractivity contribution in [2.45, 2.75) is 6.42 Å². The van der Waals surface area contributed by atoms with Crippen LogP contribution in [0.2, 0.25) is 0 Å². The number of carbonyl (C=O) groups is 2. The Bertz CT molecular complexity index is 1050. The highest BCUT2D eigenvalue weighted by atomic mass is 16.4. The maximum Gasteiger partial charge on any atom is 0.328 e. The third-order valence-corrected chi connectivity index (χ3v) is 4.50. The number of hydrogen-bond acceptors (Lipinski definition) is 3. The predicted molar refractivity (Wildman–Crippen MR) is 102 cm³/mol. The first-order valence-corrected chi connectivity index (χ1v) is 8.58. The van der Waals surface area contributed by atoms with Gasteiger partial charge in [0, 0.05) is 47.8 Å². The van der Waals surface area contributed by atoms with Crippen molar-refractivity contribution in [1.82, 2.24) is 15.3 Å². The van der Waals surface area contributed by atoms with Crippen LogP contribution in [0.25, 0.3) is 28.6 Å². The van der Waals surface area contributed by atoms with Crippen molar-refractivity contribution in [1.29, 1.82) is 0 Å². The number of pyridine rings is 1. The van der Waals surface area contributed by atoms with Gasteiger partial charge in [0.15, 0.2) is 0 Å². The highest BCUT2D eigenvalue weighted by Crippen LogP contribution is 2.27. The zero-order valence-corrected chi connectivity index (χ0v) is 14.4. The van der Waals surface area contributed by atoms with E-state index < -0.39 is 5.97 Å². The van der Waals surface area contributed by atoms with Crippen LogP contribution in [-0.2, 0) is 11.2 Å². The van der Waals surface area contributed by atoms with Gasteiger partial charge in [-0.25, -0.2) is 4.79 Å². The highest BCUT2D eigenvalue weighted by Gasteiger charge is 2.20. The predicted octanol–water partition coefficient (Wildman–Crippen LogP) is 3.13. The number of rotatable bonds is 4. The van der Waals surface area contributed by atoms with Gasteiger partial charge in [-0.15, -0.1) is 0 Å². The number of carboxylic acid groups (broad SMARTS) is 1. The van der Waals surface area contributed by atoms with Crippen LogP contribution in [0.1, 0.15) is 21.6 Å². The quantitative estimate of drug-likeness (QED) is 0.624. The van der Waals surface area contributed by atoms with Crippen LogP contribution in [0.15, 0.2) is 54.7 Å². The molecule has 6 heteroatoms. The number of carbonyl (C=O) groups excluding carboxylic acids is 1. The molecule has 0 saturated heterocycles. The van der Waals surface area contributed by atoms with E-state index >= 15 is 0 Å². The average Bonchev–Trinajstić information content (AvgIpc) is 3.13. The molecular weight excluding hydrogens is 342 g/mol. The molecule has 0 radical (unpaired) electrons. The molecule has 0 saturated carbocycles. The summed E-state index contributed by atoms with van der Waals surface area (Å²) in [4.78, 5) is 30.3. The largest absolute Gasteiger partial charge is 0.478 e. The van der Waals surface area contributed by atoms with E-state index in [0.29, 0.717) is 12.1 Å². The summed E-state index contributed by atoms with van der Waals surface area (Å²) in [6.45, 7) is 0.649. The number of amides is 1. The molecule has 0 spiro atoms. The van der Waals surface area contributed by atoms with Gasteiger partial charge in [-0.05, 0) is 29.8 Å². The summed E-state index contributed by atoms with van der Waals surface area (Å²) >= 11 is 0. The number of nitrogens with zero attached hydrogens (tertiary/aromatic N) is 1. The van der Waals surface area contributed by atoms with Gasteiger partial charge in [0.05, 0.1) is 11.3 Å². The molecule has 1 amide bonds. The van der Waals surface area contributed by atoms with E-state index in [1.54, 1.807) is 12.3 Å². The van der Waals surface area contributed by atoms with E-state index in [1.165, 1.54) is 0 Å². The Balaban J connectivity index is 1.63. The lowest BCUT2D eigenvalue weighted by atomic mass is 10.0. The van der Waals surface area contributed by atoms with Crippen LogP contribution in [0.3, 0.4) is 0 Å². The molecule has 0 fully saturated rings. The second kappa shape index (κ2) is 6.92. The van der Waals surface area contributed by atoms with Crippen molar-refractivity contribution in [2.24, 2.45) is 0 Å². The monoisotopic (exact) mass is 359 g/mol.